The first kappa shape index (κ1) is 13.7. The molecule has 1 rings (SSSR count). The number of halogens is 1. The molecule has 0 bridgehead atoms. The molecule has 92 valence electrons. The van der Waals surface area contributed by atoms with E-state index in [9.17, 15) is 9.59 Å². The molecule has 0 aromatic heterocycles. The van der Waals surface area contributed by atoms with Gasteiger partial charge in [-0.15, -0.1) is 0 Å². The van der Waals surface area contributed by atoms with E-state index >= 15 is 0 Å². The lowest BCUT2D eigenvalue weighted by Crippen LogP contribution is -2.08. The van der Waals surface area contributed by atoms with Crippen molar-refractivity contribution in [3.63, 3.8) is 0 Å². The van der Waals surface area contributed by atoms with Gasteiger partial charge in [0.2, 0.25) is 0 Å². The highest BCUT2D eigenvalue weighted by atomic mass is 79.9. The second kappa shape index (κ2) is 6.39. The first-order valence-electron chi connectivity index (χ1n) is 5.24. The van der Waals surface area contributed by atoms with Crippen molar-refractivity contribution in [2.75, 3.05) is 13.2 Å². The average molecular weight is 301 g/mol. The number of benzene rings is 1. The zero-order valence-electron chi connectivity index (χ0n) is 9.66. The number of carbonyl (C=O) groups excluding carboxylic acids is 2. The molecule has 4 nitrogen and oxygen atoms in total. The Bertz CT molecular complexity index is 429. The maximum atomic E-state index is 11.5. The van der Waals surface area contributed by atoms with Gasteiger partial charge in [0, 0.05) is 4.47 Å². The summed E-state index contributed by atoms with van der Waals surface area (Å²) in [6.07, 6.45) is 0. The lowest BCUT2D eigenvalue weighted by atomic mass is 10.1. The summed E-state index contributed by atoms with van der Waals surface area (Å²) in [7, 11) is 0. The summed E-state index contributed by atoms with van der Waals surface area (Å²) in [5.74, 6) is -0.835. The number of esters is 2. The number of hydrogen-bond acceptors (Lipinski definition) is 4. The highest BCUT2D eigenvalue weighted by Crippen LogP contribution is 2.20. The molecule has 0 unspecified atom stereocenters. The van der Waals surface area contributed by atoms with Crippen LogP contribution in [-0.2, 0) is 9.47 Å². The van der Waals surface area contributed by atoms with Crippen LogP contribution >= 0.6 is 15.9 Å². The molecule has 0 amide bonds. The van der Waals surface area contributed by atoms with Crippen LogP contribution in [0.1, 0.15) is 34.6 Å². The fourth-order valence-corrected chi connectivity index (χ4v) is 1.77. The number of rotatable bonds is 4. The molecule has 0 saturated carbocycles. The van der Waals surface area contributed by atoms with Crippen LogP contribution in [0.5, 0.6) is 0 Å². The second-order valence-corrected chi connectivity index (χ2v) is 3.99. The smallest absolute Gasteiger partial charge is 0.339 e. The first-order valence-corrected chi connectivity index (χ1v) is 6.03. The molecule has 0 spiro atoms. The summed E-state index contributed by atoms with van der Waals surface area (Å²) in [4.78, 5) is 22.9. The van der Waals surface area contributed by atoms with Crippen molar-refractivity contribution in [3.8, 4) is 0 Å². The summed E-state index contributed by atoms with van der Waals surface area (Å²) in [5, 5.41) is 0. The Morgan fingerprint density at radius 2 is 1.71 bits per heavy atom. The quantitative estimate of drug-likeness (QED) is 0.802. The summed E-state index contributed by atoms with van der Waals surface area (Å²) in [6, 6.07) is 4.62. The van der Waals surface area contributed by atoms with Crippen LogP contribution in [0, 0.1) is 0 Å². The van der Waals surface area contributed by atoms with E-state index < -0.39 is 11.9 Å². The van der Waals surface area contributed by atoms with E-state index in [1.54, 1.807) is 19.9 Å². The van der Waals surface area contributed by atoms with Gasteiger partial charge in [0.05, 0.1) is 24.3 Å². The van der Waals surface area contributed by atoms with E-state index in [2.05, 4.69) is 15.9 Å². The van der Waals surface area contributed by atoms with E-state index in [-0.39, 0.29) is 0 Å². The number of carbonyl (C=O) groups is 2. The lowest BCUT2D eigenvalue weighted by Gasteiger charge is -2.06. The molecule has 0 fully saturated rings. The molecule has 0 aliphatic carbocycles. The summed E-state index contributed by atoms with van der Waals surface area (Å²) >= 11 is 3.23. The van der Waals surface area contributed by atoms with Gasteiger partial charge in [-0.25, -0.2) is 9.59 Å². The highest BCUT2D eigenvalue weighted by Gasteiger charge is 2.14. The normalized spacial score (nSPS) is 9.82. The van der Waals surface area contributed by atoms with Crippen LogP contribution in [0.15, 0.2) is 22.7 Å². The van der Waals surface area contributed by atoms with E-state index in [0.717, 1.165) is 0 Å². The molecule has 0 N–H and O–H groups in total. The van der Waals surface area contributed by atoms with Gasteiger partial charge < -0.3 is 9.47 Å². The Morgan fingerprint density at radius 3 is 2.24 bits per heavy atom. The van der Waals surface area contributed by atoms with Crippen molar-refractivity contribution >= 4 is 27.9 Å². The van der Waals surface area contributed by atoms with Gasteiger partial charge in [-0.1, -0.05) is 0 Å². The predicted molar refractivity (Wildman–Crippen MR) is 66.1 cm³/mol. The maximum absolute atomic E-state index is 11.5. The molecular weight excluding hydrogens is 288 g/mol. The Morgan fingerprint density at radius 1 is 1.12 bits per heavy atom. The number of ether oxygens (including phenoxy) is 2. The van der Waals surface area contributed by atoms with Crippen molar-refractivity contribution in [3.05, 3.63) is 33.8 Å². The fourth-order valence-electron chi connectivity index (χ4n) is 1.23. The largest absolute Gasteiger partial charge is 0.462 e. The second-order valence-electron chi connectivity index (χ2n) is 3.14. The molecule has 0 aliphatic rings. The average Bonchev–Trinajstić information content (AvgIpc) is 2.29. The molecule has 0 aliphatic heterocycles. The van der Waals surface area contributed by atoms with Gasteiger partial charge in [-0.05, 0) is 48.0 Å². The van der Waals surface area contributed by atoms with Crippen LogP contribution in [-0.4, -0.2) is 25.2 Å². The zero-order valence-corrected chi connectivity index (χ0v) is 11.2. The molecular formula is C12H13BrO4. The van der Waals surface area contributed by atoms with Gasteiger partial charge >= 0.3 is 11.9 Å². The van der Waals surface area contributed by atoms with E-state index in [1.807, 2.05) is 0 Å². The Hall–Kier alpha value is -1.36. The molecule has 1 aromatic rings. The topological polar surface area (TPSA) is 52.6 Å². The van der Waals surface area contributed by atoms with E-state index in [1.165, 1.54) is 12.1 Å². The van der Waals surface area contributed by atoms with Crippen molar-refractivity contribution in [1.82, 2.24) is 0 Å². The monoisotopic (exact) mass is 300 g/mol. The third-order valence-electron chi connectivity index (χ3n) is 1.98. The van der Waals surface area contributed by atoms with Crippen molar-refractivity contribution in [2.45, 2.75) is 13.8 Å². The molecule has 1 aromatic carbocycles. The fraction of sp³-hybridized carbons (Fsp3) is 0.333. The minimum absolute atomic E-state index is 0.310. The van der Waals surface area contributed by atoms with Gasteiger partial charge in [-0.3, -0.25) is 0 Å². The van der Waals surface area contributed by atoms with Gasteiger partial charge in [0.25, 0.3) is 0 Å². The highest BCUT2D eigenvalue weighted by molar-refractivity contribution is 9.10. The minimum Gasteiger partial charge on any atom is -0.462 e. The van der Waals surface area contributed by atoms with Gasteiger partial charge in [0.15, 0.2) is 0 Å². The molecule has 0 atom stereocenters. The van der Waals surface area contributed by atoms with Crippen LogP contribution in [0.4, 0.5) is 0 Å². The summed E-state index contributed by atoms with van der Waals surface area (Å²) in [6.45, 7) is 4.10. The molecule has 0 radical (unpaired) electrons. The van der Waals surface area contributed by atoms with Crippen molar-refractivity contribution in [1.29, 1.82) is 0 Å². The number of hydrogen-bond donors (Lipinski definition) is 0. The molecule has 0 saturated heterocycles. The Labute approximate surface area is 108 Å². The lowest BCUT2D eigenvalue weighted by molar-refractivity contribution is 0.0510. The van der Waals surface area contributed by atoms with Crippen LogP contribution in [0.25, 0.3) is 0 Å². The predicted octanol–water partition coefficient (Wildman–Crippen LogP) is 2.80. The summed E-state index contributed by atoms with van der Waals surface area (Å²) < 4.78 is 10.2. The Balaban J connectivity index is 2.93. The van der Waals surface area contributed by atoms with Gasteiger partial charge in [-0.2, -0.15) is 0 Å². The van der Waals surface area contributed by atoms with E-state index in [0.29, 0.717) is 28.8 Å². The molecule has 17 heavy (non-hydrogen) atoms. The summed E-state index contributed by atoms with van der Waals surface area (Å²) in [5.41, 5.74) is 0.784. The molecule has 0 heterocycles. The van der Waals surface area contributed by atoms with Gasteiger partial charge in [0.1, 0.15) is 0 Å². The SMILES string of the molecule is CCOC(=O)c1ccc(C(=O)OCC)c(Br)c1. The Kier molecular flexibility index (Phi) is 5.15. The third-order valence-corrected chi connectivity index (χ3v) is 2.63. The maximum Gasteiger partial charge on any atom is 0.339 e. The third kappa shape index (κ3) is 3.56. The zero-order chi connectivity index (χ0) is 12.8. The van der Waals surface area contributed by atoms with Crippen molar-refractivity contribution < 1.29 is 19.1 Å². The van der Waals surface area contributed by atoms with Crippen molar-refractivity contribution in [2.24, 2.45) is 0 Å². The van der Waals surface area contributed by atoms with Crippen LogP contribution in [0.3, 0.4) is 0 Å². The van der Waals surface area contributed by atoms with E-state index in [4.69, 9.17) is 9.47 Å². The van der Waals surface area contributed by atoms with Crippen LogP contribution in [0.2, 0.25) is 0 Å². The van der Waals surface area contributed by atoms with Crippen LogP contribution < -0.4 is 0 Å². The molecule has 5 heteroatoms. The first-order chi connectivity index (χ1) is 8.10. The standard InChI is InChI=1S/C12H13BrO4/c1-3-16-11(14)8-5-6-9(10(13)7-8)12(15)17-4-2/h5-7H,3-4H2,1-2H3. The minimum atomic E-state index is -0.421.